The Hall–Kier alpha value is -0.320. The van der Waals surface area contributed by atoms with Crippen LogP contribution in [0.3, 0.4) is 0 Å². The highest BCUT2D eigenvalue weighted by molar-refractivity contribution is 5.85. The molecule has 3 N–H and O–H groups in total. The summed E-state index contributed by atoms with van der Waals surface area (Å²) < 4.78 is 5.35. The molecule has 5 heteroatoms. The van der Waals surface area contributed by atoms with Gasteiger partial charge in [-0.1, -0.05) is 19.8 Å². The maximum atomic E-state index is 12.5. The summed E-state index contributed by atoms with van der Waals surface area (Å²) >= 11 is 0. The van der Waals surface area contributed by atoms with Crippen molar-refractivity contribution in [2.24, 2.45) is 17.1 Å². The predicted molar refractivity (Wildman–Crippen MR) is 78.4 cm³/mol. The second kappa shape index (κ2) is 7.46. The number of carbonyl (C=O) groups excluding carboxylic acids is 1. The largest absolute Gasteiger partial charge is 0.381 e. The molecule has 0 spiro atoms. The Morgan fingerprint density at radius 2 is 1.95 bits per heavy atom. The van der Waals surface area contributed by atoms with Crippen molar-refractivity contribution in [3.63, 3.8) is 0 Å². The van der Waals surface area contributed by atoms with Gasteiger partial charge in [0.1, 0.15) is 0 Å². The van der Waals surface area contributed by atoms with E-state index in [1.54, 1.807) is 0 Å². The Morgan fingerprint density at radius 1 is 1.32 bits per heavy atom. The maximum Gasteiger partial charge on any atom is 0.227 e. The third kappa shape index (κ3) is 3.83. The molecule has 19 heavy (non-hydrogen) atoms. The SMILES string of the molecule is CC1CCCCC1NC(=O)C1(CN)CCOCC1.Cl. The predicted octanol–water partition coefficient (Wildman–Crippen LogP) is 1.86. The number of carbonyl (C=O) groups is 1. The average Bonchev–Trinajstić information content (AvgIpc) is 2.42. The minimum Gasteiger partial charge on any atom is -0.381 e. The molecule has 2 atom stereocenters. The number of rotatable bonds is 3. The van der Waals surface area contributed by atoms with Crippen molar-refractivity contribution < 1.29 is 9.53 Å². The standard InChI is InChI=1S/C14H26N2O2.ClH/c1-11-4-2-3-5-12(11)16-13(17)14(10-15)6-8-18-9-7-14;/h11-12H,2-10,15H2,1H3,(H,16,17);1H. The zero-order valence-corrected chi connectivity index (χ0v) is 12.6. The van der Waals surface area contributed by atoms with E-state index in [9.17, 15) is 4.79 Å². The average molecular weight is 291 g/mol. The number of nitrogens with one attached hydrogen (secondary N) is 1. The van der Waals surface area contributed by atoms with Crippen LogP contribution < -0.4 is 11.1 Å². The molecule has 2 fully saturated rings. The lowest BCUT2D eigenvalue weighted by Gasteiger charge is -2.38. The van der Waals surface area contributed by atoms with E-state index in [1.807, 2.05) is 0 Å². The fourth-order valence-corrected chi connectivity index (χ4v) is 3.14. The van der Waals surface area contributed by atoms with Gasteiger partial charge in [-0.2, -0.15) is 0 Å². The van der Waals surface area contributed by atoms with E-state index < -0.39 is 0 Å². The molecule has 1 amide bonds. The maximum absolute atomic E-state index is 12.5. The van der Waals surface area contributed by atoms with Crippen LogP contribution in [0, 0.1) is 11.3 Å². The van der Waals surface area contributed by atoms with Crippen LogP contribution in [0.4, 0.5) is 0 Å². The van der Waals surface area contributed by atoms with E-state index in [-0.39, 0.29) is 23.7 Å². The Balaban J connectivity index is 0.00000180. The van der Waals surface area contributed by atoms with E-state index in [0.717, 1.165) is 19.3 Å². The Morgan fingerprint density at radius 3 is 2.53 bits per heavy atom. The lowest BCUT2D eigenvalue weighted by Crippen LogP contribution is -2.53. The van der Waals surface area contributed by atoms with E-state index >= 15 is 0 Å². The van der Waals surface area contributed by atoms with Gasteiger partial charge in [0.15, 0.2) is 0 Å². The Kier molecular flexibility index (Phi) is 6.57. The second-order valence-electron chi connectivity index (χ2n) is 5.94. The van der Waals surface area contributed by atoms with Crippen LogP contribution in [0.15, 0.2) is 0 Å². The summed E-state index contributed by atoms with van der Waals surface area (Å²) in [7, 11) is 0. The van der Waals surface area contributed by atoms with E-state index in [4.69, 9.17) is 10.5 Å². The molecule has 0 radical (unpaired) electrons. The van der Waals surface area contributed by atoms with Crippen LogP contribution in [-0.2, 0) is 9.53 Å². The van der Waals surface area contributed by atoms with Crippen molar-refractivity contribution >= 4 is 18.3 Å². The van der Waals surface area contributed by atoms with Gasteiger partial charge in [-0.15, -0.1) is 12.4 Å². The van der Waals surface area contributed by atoms with Crippen molar-refractivity contribution in [2.45, 2.75) is 51.5 Å². The molecule has 2 unspecified atom stereocenters. The first kappa shape index (κ1) is 16.7. The molecule has 0 aromatic carbocycles. The van der Waals surface area contributed by atoms with Crippen LogP contribution in [-0.4, -0.2) is 31.7 Å². The molecule has 1 aliphatic carbocycles. The molecule has 1 heterocycles. The topological polar surface area (TPSA) is 64.4 Å². The molecule has 112 valence electrons. The summed E-state index contributed by atoms with van der Waals surface area (Å²) in [5.74, 6) is 0.754. The van der Waals surface area contributed by atoms with Gasteiger partial charge in [0.2, 0.25) is 5.91 Å². The minimum absolute atomic E-state index is 0. The summed E-state index contributed by atoms with van der Waals surface area (Å²) in [5, 5.41) is 3.26. The van der Waals surface area contributed by atoms with Gasteiger partial charge in [-0.25, -0.2) is 0 Å². The van der Waals surface area contributed by atoms with Crippen LogP contribution in [0.5, 0.6) is 0 Å². The monoisotopic (exact) mass is 290 g/mol. The highest BCUT2D eigenvalue weighted by Crippen LogP contribution is 2.31. The summed E-state index contributed by atoms with van der Waals surface area (Å²) in [4.78, 5) is 12.5. The van der Waals surface area contributed by atoms with Crippen LogP contribution >= 0.6 is 12.4 Å². The molecule has 0 aromatic heterocycles. The van der Waals surface area contributed by atoms with Crippen molar-refractivity contribution in [3.05, 3.63) is 0 Å². The number of hydrogen-bond acceptors (Lipinski definition) is 3. The zero-order valence-electron chi connectivity index (χ0n) is 11.8. The van der Waals surface area contributed by atoms with Crippen LogP contribution in [0.2, 0.25) is 0 Å². The Labute approximate surface area is 122 Å². The summed E-state index contributed by atoms with van der Waals surface area (Å²) in [6, 6.07) is 0.345. The van der Waals surface area contributed by atoms with Gasteiger partial charge >= 0.3 is 0 Å². The van der Waals surface area contributed by atoms with Crippen LogP contribution in [0.1, 0.15) is 45.4 Å². The van der Waals surface area contributed by atoms with Gasteiger partial charge in [0.25, 0.3) is 0 Å². The summed E-state index contributed by atoms with van der Waals surface area (Å²) in [6.07, 6.45) is 6.39. The first-order valence-corrected chi connectivity index (χ1v) is 7.27. The molecule has 2 rings (SSSR count). The highest BCUT2D eigenvalue weighted by Gasteiger charge is 2.40. The van der Waals surface area contributed by atoms with E-state index in [2.05, 4.69) is 12.2 Å². The molecular weight excluding hydrogens is 264 g/mol. The second-order valence-corrected chi connectivity index (χ2v) is 5.94. The molecule has 0 bridgehead atoms. The minimum atomic E-state index is -0.380. The van der Waals surface area contributed by atoms with Crippen LogP contribution in [0.25, 0.3) is 0 Å². The highest BCUT2D eigenvalue weighted by atomic mass is 35.5. The smallest absolute Gasteiger partial charge is 0.227 e. The van der Waals surface area contributed by atoms with Crippen molar-refractivity contribution in [3.8, 4) is 0 Å². The van der Waals surface area contributed by atoms with Gasteiger partial charge < -0.3 is 15.8 Å². The quantitative estimate of drug-likeness (QED) is 0.834. The molecule has 1 aliphatic heterocycles. The molecule has 4 nitrogen and oxygen atoms in total. The number of amides is 1. The molecule has 1 saturated heterocycles. The van der Waals surface area contributed by atoms with Crippen molar-refractivity contribution in [2.75, 3.05) is 19.8 Å². The lowest BCUT2D eigenvalue weighted by atomic mass is 9.78. The van der Waals surface area contributed by atoms with Gasteiger partial charge in [0, 0.05) is 25.8 Å². The first-order valence-electron chi connectivity index (χ1n) is 7.27. The third-order valence-corrected chi connectivity index (χ3v) is 4.75. The van der Waals surface area contributed by atoms with E-state index in [0.29, 0.717) is 31.7 Å². The summed E-state index contributed by atoms with van der Waals surface area (Å²) in [6.45, 7) is 3.99. The molecular formula is C14H27ClN2O2. The molecule has 0 aromatic rings. The van der Waals surface area contributed by atoms with Gasteiger partial charge in [-0.05, 0) is 31.6 Å². The zero-order chi connectivity index (χ0) is 13.0. The van der Waals surface area contributed by atoms with Crippen molar-refractivity contribution in [1.29, 1.82) is 0 Å². The van der Waals surface area contributed by atoms with Gasteiger partial charge in [0.05, 0.1) is 5.41 Å². The van der Waals surface area contributed by atoms with E-state index in [1.165, 1.54) is 19.3 Å². The summed E-state index contributed by atoms with van der Waals surface area (Å²) in [5.41, 5.74) is 5.48. The normalized spacial score (nSPS) is 30.2. The third-order valence-electron chi connectivity index (χ3n) is 4.75. The molecule has 1 saturated carbocycles. The fourth-order valence-electron chi connectivity index (χ4n) is 3.14. The fraction of sp³-hybridized carbons (Fsp3) is 0.929. The Bertz CT molecular complexity index is 293. The molecule has 2 aliphatic rings. The number of nitrogens with two attached hydrogens (primary N) is 1. The van der Waals surface area contributed by atoms with Crippen molar-refractivity contribution in [1.82, 2.24) is 5.32 Å². The first-order chi connectivity index (χ1) is 8.68. The van der Waals surface area contributed by atoms with Gasteiger partial charge in [-0.3, -0.25) is 4.79 Å². The number of hydrogen-bond donors (Lipinski definition) is 2. The number of ether oxygens (including phenoxy) is 1. The number of halogens is 1. The lowest BCUT2D eigenvalue weighted by molar-refractivity contribution is -0.137.